The second-order valence-electron chi connectivity index (χ2n) is 4.57. The van der Waals surface area contributed by atoms with E-state index in [1.807, 2.05) is 20.8 Å². The van der Waals surface area contributed by atoms with E-state index in [1.165, 1.54) is 0 Å². The third kappa shape index (κ3) is 3.03. The molecule has 1 aromatic rings. The summed E-state index contributed by atoms with van der Waals surface area (Å²) < 4.78 is 1.62. The summed E-state index contributed by atoms with van der Waals surface area (Å²) >= 11 is 0. The van der Waals surface area contributed by atoms with Crippen LogP contribution in [-0.4, -0.2) is 37.3 Å². The molecular weight excluding hydrogens is 222 g/mol. The minimum Gasteiger partial charge on any atom is -0.481 e. The highest BCUT2D eigenvalue weighted by atomic mass is 16.4. The summed E-state index contributed by atoms with van der Waals surface area (Å²) in [6.07, 6.45) is -0.702. The quantitative estimate of drug-likeness (QED) is 0.802. The fourth-order valence-corrected chi connectivity index (χ4v) is 1.71. The third-order valence-corrected chi connectivity index (χ3v) is 2.75. The van der Waals surface area contributed by atoms with Gasteiger partial charge in [0.15, 0.2) is 0 Å². The third-order valence-electron chi connectivity index (χ3n) is 2.75. The van der Waals surface area contributed by atoms with Crippen LogP contribution < -0.4 is 0 Å². The average molecular weight is 241 g/mol. The van der Waals surface area contributed by atoms with Crippen LogP contribution in [0.5, 0.6) is 0 Å². The first kappa shape index (κ1) is 13.6. The monoisotopic (exact) mass is 241 g/mol. The lowest BCUT2D eigenvalue weighted by Gasteiger charge is -2.19. The van der Waals surface area contributed by atoms with Crippen molar-refractivity contribution in [2.75, 3.05) is 0 Å². The van der Waals surface area contributed by atoms with E-state index in [0.29, 0.717) is 5.69 Å². The highest BCUT2D eigenvalue weighted by Gasteiger charge is 2.23. The number of nitrogens with zero attached hydrogens (tertiary/aromatic N) is 3. The van der Waals surface area contributed by atoms with Gasteiger partial charge in [-0.05, 0) is 19.8 Å². The van der Waals surface area contributed by atoms with Crippen molar-refractivity contribution in [1.82, 2.24) is 15.0 Å². The summed E-state index contributed by atoms with van der Waals surface area (Å²) in [7, 11) is 0. The second kappa shape index (κ2) is 5.27. The molecule has 2 N–H and O–H groups in total. The van der Waals surface area contributed by atoms with Crippen molar-refractivity contribution in [3.8, 4) is 0 Å². The lowest BCUT2D eigenvalue weighted by atomic mass is 10.1. The number of hydrogen-bond acceptors (Lipinski definition) is 4. The molecule has 0 saturated heterocycles. The fraction of sp³-hybridized carbons (Fsp3) is 0.727. The largest absolute Gasteiger partial charge is 0.481 e. The van der Waals surface area contributed by atoms with Crippen molar-refractivity contribution in [2.24, 2.45) is 0 Å². The number of carbonyl (C=O) groups is 1. The van der Waals surface area contributed by atoms with Gasteiger partial charge in [0, 0.05) is 0 Å². The van der Waals surface area contributed by atoms with Gasteiger partial charge >= 0.3 is 5.97 Å². The Morgan fingerprint density at radius 2 is 1.94 bits per heavy atom. The summed E-state index contributed by atoms with van der Waals surface area (Å²) in [6, 6.07) is -0.220. The molecule has 0 saturated carbocycles. The summed E-state index contributed by atoms with van der Waals surface area (Å²) in [6.45, 7) is 7.41. The Balaban J connectivity index is 3.15. The van der Waals surface area contributed by atoms with Crippen LogP contribution >= 0.6 is 0 Å². The molecule has 6 heteroatoms. The van der Waals surface area contributed by atoms with Crippen molar-refractivity contribution in [1.29, 1.82) is 0 Å². The molecule has 0 bridgehead atoms. The number of hydrogen-bond donors (Lipinski definition) is 2. The molecule has 0 aromatic carbocycles. The predicted molar refractivity (Wildman–Crippen MR) is 61.8 cm³/mol. The van der Waals surface area contributed by atoms with E-state index >= 15 is 0 Å². The zero-order valence-electron chi connectivity index (χ0n) is 10.6. The number of rotatable bonds is 5. The summed E-state index contributed by atoms with van der Waals surface area (Å²) in [5.74, 6) is -0.816. The van der Waals surface area contributed by atoms with E-state index in [9.17, 15) is 9.90 Å². The highest BCUT2D eigenvalue weighted by molar-refractivity contribution is 5.69. The molecule has 6 nitrogen and oxygen atoms in total. The molecule has 0 aliphatic heterocycles. The van der Waals surface area contributed by atoms with Crippen molar-refractivity contribution in [3.63, 3.8) is 0 Å². The van der Waals surface area contributed by atoms with Gasteiger partial charge in [0.2, 0.25) is 0 Å². The van der Waals surface area contributed by atoms with Gasteiger partial charge in [0.1, 0.15) is 0 Å². The second-order valence-corrected chi connectivity index (χ2v) is 4.57. The topological polar surface area (TPSA) is 88.2 Å². The van der Waals surface area contributed by atoms with Gasteiger partial charge < -0.3 is 10.2 Å². The maximum absolute atomic E-state index is 10.7. The SMILES string of the molecule is CC(C)c1c(CC(=O)O)nnn1C(C)C(C)O. The van der Waals surface area contributed by atoms with Crippen molar-refractivity contribution in [2.45, 2.75) is 52.2 Å². The number of aromatic nitrogens is 3. The molecule has 2 unspecified atom stereocenters. The summed E-state index contributed by atoms with van der Waals surface area (Å²) in [5.41, 5.74) is 1.25. The van der Waals surface area contributed by atoms with Gasteiger partial charge in [-0.2, -0.15) is 0 Å². The Morgan fingerprint density at radius 3 is 2.35 bits per heavy atom. The maximum atomic E-state index is 10.7. The van der Waals surface area contributed by atoms with Crippen LogP contribution in [-0.2, 0) is 11.2 Å². The molecule has 96 valence electrons. The smallest absolute Gasteiger partial charge is 0.309 e. The van der Waals surface area contributed by atoms with Crippen molar-refractivity contribution < 1.29 is 15.0 Å². The van der Waals surface area contributed by atoms with Gasteiger partial charge in [0.05, 0.1) is 30.0 Å². The highest BCUT2D eigenvalue weighted by Crippen LogP contribution is 2.22. The predicted octanol–water partition coefficient (Wildman–Crippen LogP) is 0.970. The van der Waals surface area contributed by atoms with E-state index in [-0.39, 0.29) is 18.4 Å². The number of aliphatic carboxylic acids is 1. The maximum Gasteiger partial charge on any atom is 0.309 e. The minimum absolute atomic E-state index is 0.112. The Bertz CT molecular complexity index is 399. The van der Waals surface area contributed by atoms with Gasteiger partial charge in [-0.1, -0.05) is 19.1 Å². The lowest BCUT2D eigenvalue weighted by Crippen LogP contribution is -2.22. The minimum atomic E-state index is -0.927. The Morgan fingerprint density at radius 1 is 1.35 bits per heavy atom. The first-order chi connectivity index (χ1) is 7.84. The molecule has 0 radical (unpaired) electrons. The molecule has 0 amide bonds. The lowest BCUT2D eigenvalue weighted by molar-refractivity contribution is -0.136. The number of aliphatic hydroxyl groups is 1. The number of aliphatic hydroxyl groups excluding tert-OH is 1. The van der Waals surface area contributed by atoms with Gasteiger partial charge in [-0.15, -0.1) is 5.10 Å². The van der Waals surface area contributed by atoms with Crippen LogP contribution in [0.1, 0.15) is 51.0 Å². The number of carboxylic acids is 1. The molecule has 1 heterocycles. The van der Waals surface area contributed by atoms with E-state index in [1.54, 1.807) is 11.6 Å². The molecule has 0 aliphatic rings. The van der Waals surface area contributed by atoms with Gasteiger partial charge in [-0.25, -0.2) is 4.68 Å². The fourth-order valence-electron chi connectivity index (χ4n) is 1.71. The van der Waals surface area contributed by atoms with Crippen LogP contribution in [0.15, 0.2) is 0 Å². The zero-order chi connectivity index (χ0) is 13.2. The van der Waals surface area contributed by atoms with E-state index < -0.39 is 12.1 Å². The first-order valence-electron chi connectivity index (χ1n) is 5.68. The Hall–Kier alpha value is -1.43. The average Bonchev–Trinajstić information content (AvgIpc) is 2.58. The molecule has 17 heavy (non-hydrogen) atoms. The zero-order valence-corrected chi connectivity index (χ0v) is 10.6. The molecule has 0 aliphatic carbocycles. The van der Waals surface area contributed by atoms with Crippen LogP contribution in [0.4, 0.5) is 0 Å². The van der Waals surface area contributed by atoms with E-state index in [2.05, 4.69) is 10.3 Å². The molecule has 0 fully saturated rings. The van der Waals surface area contributed by atoms with E-state index in [0.717, 1.165) is 5.69 Å². The van der Waals surface area contributed by atoms with Crippen LogP contribution in [0.2, 0.25) is 0 Å². The number of carboxylic acid groups (broad SMARTS) is 1. The Labute approximate surface area is 100 Å². The summed E-state index contributed by atoms with van der Waals surface area (Å²) in [4.78, 5) is 10.7. The van der Waals surface area contributed by atoms with Crippen LogP contribution in [0.3, 0.4) is 0 Å². The van der Waals surface area contributed by atoms with Crippen molar-refractivity contribution in [3.05, 3.63) is 11.4 Å². The molecule has 0 spiro atoms. The van der Waals surface area contributed by atoms with Gasteiger partial charge in [-0.3, -0.25) is 4.79 Å². The van der Waals surface area contributed by atoms with Crippen LogP contribution in [0, 0.1) is 0 Å². The van der Waals surface area contributed by atoms with Crippen LogP contribution in [0.25, 0.3) is 0 Å². The molecule has 2 atom stereocenters. The normalized spacial score (nSPS) is 14.9. The first-order valence-corrected chi connectivity index (χ1v) is 5.68. The molecule has 1 aromatic heterocycles. The Kier molecular flexibility index (Phi) is 4.22. The van der Waals surface area contributed by atoms with E-state index in [4.69, 9.17) is 5.11 Å². The van der Waals surface area contributed by atoms with Crippen molar-refractivity contribution >= 4 is 5.97 Å². The standard InChI is InChI=1S/C11H19N3O3/c1-6(2)11-9(5-10(16)17)12-13-14(11)7(3)8(4)15/h6-8,15H,5H2,1-4H3,(H,16,17). The summed E-state index contributed by atoms with van der Waals surface area (Å²) in [5, 5.41) is 26.2. The van der Waals surface area contributed by atoms with Gasteiger partial charge in [0.25, 0.3) is 0 Å². The molecule has 1 rings (SSSR count). The molecular formula is C11H19N3O3.